The van der Waals surface area contributed by atoms with Crippen LogP contribution in [-0.2, 0) is 0 Å². The van der Waals surface area contributed by atoms with E-state index in [4.69, 9.17) is 4.42 Å². The molecule has 0 spiro atoms. The van der Waals surface area contributed by atoms with Crippen LogP contribution in [0.25, 0.3) is 22.6 Å². The number of nitro groups is 1. The molecule has 0 unspecified atom stereocenters. The lowest BCUT2D eigenvalue weighted by molar-refractivity contribution is -0.384. The normalized spacial score (nSPS) is 12.0. The summed E-state index contributed by atoms with van der Waals surface area (Å²) in [5.41, 5.74) is 3.94. The first-order valence-corrected chi connectivity index (χ1v) is 10.9. The molecule has 162 valence electrons. The highest BCUT2D eigenvalue weighted by Gasteiger charge is 2.17. The summed E-state index contributed by atoms with van der Waals surface area (Å²) in [5.74, 6) is 0.425. The van der Waals surface area contributed by atoms with Gasteiger partial charge in [-0.1, -0.05) is 26.0 Å². The summed E-state index contributed by atoms with van der Waals surface area (Å²) >= 11 is 3.28. The predicted molar refractivity (Wildman–Crippen MR) is 127 cm³/mol. The fraction of sp³-hybridized carbons (Fsp3) is 0.167. The van der Waals surface area contributed by atoms with Gasteiger partial charge in [0.25, 0.3) is 11.6 Å². The zero-order chi connectivity index (χ0) is 22.8. The second-order valence-electron chi connectivity index (χ2n) is 7.51. The molecule has 0 aliphatic carbocycles. The third-order valence-corrected chi connectivity index (χ3v) is 6.06. The molecule has 0 saturated carbocycles. The molecule has 0 radical (unpaired) electrons. The second-order valence-corrected chi connectivity index (χ2v) is 8.37. The first-order valence-electron chi connectivity index (χ1n) is 10.1. The highest BCUT2D eigenvalue weighted by molar-refractivity contribution is 9.10. The summed E-state index contributed by atoms with van der Waals surface area (Å²) in [7, 11) is 0. The van der Waals surface area contributed by atoms with Crippen LogP contribution in [0, 0.1) is 10.1 Å². The maximum absolute atomic E-state index is 12.7. The van der Waals surface area contributed by atoms with E-state index >= 15 is 0 Å². The van der Waals surface area contributed by atoms with Crippen molar-refractivity contribution in [3.8, 4) is 11.5 Å². The summed E-state index contributed by atoms with van der Waals surface area (Å²) in [6, 6.07) is 17.2. The minimum atomic E-state index is -0.538. The number of amides is 1. The number of nitrogens with one attached hydrogen (secondary N) is 1. The average Bonchev–Trinajstić information content (AvgIpc) is 3.22. The van der Waals surface area contributed by atoms with Crippen LogP contribution in [0.4, 0.5) is 11.4 Å². The zero-order valence-electron chi connectivity index (χ0n) is 17.5. The highest BCUT2D eigenvalue weighted by Crippen LogP contribution is 2.30. The van der Waals surface area contributed by atoms with Crippen molar-refractivity contribution in [2.75, 3.05) is 5.32 Å². The van der Waals surface area contributed by atoms with Crippen molar-refractivity contribution < 1.29 is 14.1 Å². The Kier molecular flexibility index (Phi) is 6.05. The molecular formula is C24H20BrN3O4. The van der Waals surface area contributed by atoms with Crippen molar-refractivity contribution in [1.29, 1.82) is 0 Å². The van der Waals surface area contributed by atoms with Crippen LogP contribution < -0.4 is 5.32 Å². The Balaban J connectivity index is 1.61. The van der Waals surface area contributed by atoms with Crippen LogP contribution >= 0.6 is 15.9 Å². The number of hydrogen-bond acceptors (Lipinski definition) is 5. The minimum Gasteiger partial charge on any atom is -0.436 e. The number of rotatable bonds is 6. The molecule has 7 nitrogen and oxygen atoms in total. The third-order valence-electron chi connectivity index (χ3n) is 5.37. The van der Waals surface area contributed by atoms with E-state index in [1.807, 2.05) is 18.2 Å². The van der Waals surface area contributed by atoms with E-state index in [1.54, 1.807) is 18.2 Å². The molecule has 0 aliphatic heterocycles. The van der Waals surface area contributed by atoms with Gasteiger partial charge in [-0.05, 0) is 70.2 Å². The SMILES string of the molecule is CC[C@@H](C)c1ccc2oc(-c3cccc(NC(=O)c4cc([N+](=O)[O-])ccc4Br)c3)nc2c1. The number of nitro benzene ring substituents is 1. The van der Waals surface area contributed by atoms with Crippen molar-refractivity contribution in [3.63, 3.8) is 0 Å². The molecule has 1 atom stereocenters. The van der Waals surface area contributed by atoms with Crippen molar-refractivity contribution in [1.82, 2.24) is 4.98 Å². The Labute approximate surface area is 192 Å². The molecule has 32 heavy (non-hydrogen) atoms. The van der Waals surface area contributed by atoms with Crippen LogP contribution in [0.15, 0.2) is 69.6 Å². The monoisotopic (exact) mass is 493 g/mol. The molecule has 8 heteroatoms. The molecule has 3 aromatic carbocycles. The Hall–Kier alpha value is -3.52. The number of fused-ring (bicyclic) bond motifs is 1. The summed E-state index contributed by atoms with van der Waals surface area (Å²) in [4.78, 5) is 27.8. The maximum atomic E-state index is 12.7. The average molecular weight is 494 g/mol. The minimum absolute atomic E-state index is 0.157. The van der Waals surface area contributed by atoms with E-state index in [0.717, 1.165) is 11.9 Å². The fourth-order valence-corrected chi connectivity index (χ4v) is 3.77. The van der Waals surface area contributed by atoms with Gasteiger partial charge in [0.2, 0.25) is 5.89 Å². The fourth-order valence-electron chi connectivity index (χ4n) is 3.34. The number of carbonyl (C=O) groups excluding carboxylic acids is 1. The predicted octanol–water partition coefficient (Wildman–Crippen LogP) is 6.93. The largest absolute Gasteiger partial charge is 0.436 e. The van der Waals surface area contributed by atoms with Crippen molar-refractivity contribution >= 4 is 44.3 Å². The van der Waals surface area contributed by atoms with Gasteiger partial charge in [-0.15, -0.1) is 0 Å². The summed E-state index contributed by atoms with van der Waals surface area (Å²) < 4.78 is 6.39. The zero-order valence-corrected chi connectivity index (χ0v) is 19.0. The molecule has 0 bridgehead atoms. The van der Waals surface area contributed by atoms with Crippen molar-refractivity contribution in [3.05, 3.63) is 86.4 Å². The van der Waals surface area contributed by atoms with Gasteiger partial charge in [0.05, 0.1) is 10.5 Å². The molecule has 1 amide bonds. The lowest BCUT2D eigenvalue weighted by Crippen LogP contribution is -2.13. The van der Waals surface area contributed by atoms with E-state index in [-0.39, 0.29) is 11.3 Å². The molecule has 0 saturated heterocycles. The number of anilines is 1. The van der Waals surface area contributed by atoms with Gasteiger partial charge in [-0.2, -0.15) is 0 Å². The smallest absolute Gasteiger partial charge is 0.270 e. The Morgan fingerprint density at radius 2 is 2.00 bits per heavy atom. The third kappa shape index (κ3) is 4.40. The van der Waals surface area contributed by atoms with Crippen LogP contribution in [0.5, 0.6) is 0 Å². The summed E-state index contributed by atoms with van der Waals surface area (Å²) in [6.07, 6.45) is 1.04. The van der Waals surface area contributed by atoms with E-state index < -0.39 is 10.8 Å². The lowest BCUT2D eigenvalue weighted by Gasteiger charge is -2.08. The first kappa shape index (κ1) is 21.7. The molecule has 4 rings (SSSR count). The summed E-state index contributed by atoms with van der Waals surface area (Å²) in [5, 5.41) is 13.8. The molecule has 0 aliphatic rings. The molecule has 4 aromatic rings. The lowest BCUT2D eigenvalue weighted by atomic mass is 9.98. The highest BCUT2D eigenvalue weighted by atomic mass is 79.9. The van der Waals surface area contributed by atoms with E-state index in [9.17, 15) is 14.9 Å². The first-order chi connectivity index (χ1) is 15.4. The molecule has 0 fully saturated rings. The van der Waals surface area contributed by atoms with E-state index in [2.05, 4.69) is 46.1 Å². The topological polar surface area (TPSA) is 98.3 Å². The second kappa shape index (κ2) is 8.92. The van der Waals surface area contributed by atoms with Crippen molar-refractivity contribution in [2.45, 2.75) is 26.2 Å². The Morgan fingerprint density at radius 3 is 2.75 bits per heavy atom. The van der Waals surface area contributed by atoms with Gasteiger partial charge >= 0.3 is 0 Å². The van der Waals surface area contributed by atoms with E-state index in [1.165, 1.54) is 23.8 Å². The Morgan fingerprint density at radius 1 is 1.19 bits per heavy atom. The van der Waals surface area contributed by atoms with Crippen molar-refractivity contribution in [2.24, 2.45) is 0 Å². The van der Waals surface area contributed by atoms with Crippen LogP contribution in [0.3, 0.4) is 0 Å². The molecule has 1 N–H and O–H groups in total. The number of carbonyl (C=O) groups is 1. The van der Waals surface area contributed by atoms with Gasteiger partial charge in [-0.25, -0.2) is 4.98 Å². The maximum Gasteiger partial charge on any atom is 0.270 e. The number of benzene rings is 3. The van der Waals surface area contributed by atoms with Crippen LogP contribution in [-0.4, -0.2) is 15.8 Å². The molecular weight excluding hydrogens is 474 g/mol. The van der Waals surface area contributed by atoms with Gasteiger partial charge in [-0.3, -0.25) is 14.9 Å². The molecule has 1 heterocycles. The van der Waals surface area contributed by atoms with Gasteiger partial charge < -0.3 is 9.73 Å². The number of oxazole rings is 1. The number of aromatic nitrogens is 1. The summed E-state index contributed by atoms with van der Waals surface area (Å²) in [6.45, 7) is 4.32. The van der Waals surface area contributed by atoms with Gasteiger partial charge in [0.15, 0.2) is 5.58 Å². The number of hydrogen-bond donors (Lipinski definition) is 1. The Bertz CT molecular complexity index is 1330. The van der Waals surface area contributed by atoms with Crippen LogP contribution in [0.1, 0.15) is 42.1 Å². The number of nitrogens with zero attached hydrogens (tertiary/aromatic N) is 2. The standard InChI is InChI=1S/C24H20BrN3O4/c1-3-14(2)15-7-10-22-21(12-15)27-24(32-22)16-5-4-6-17(11-16)26-23(29)19-13-18(28(30)31)8-9-20(19)25/h4-14H,3H2,1-2H3,(H,26,29)/t14-/m1/s1. The molecule has 1 aromatic heterocycles. The van der Waals surface area contributed by atoms with Gasteiger partial charge in [0.1, 0.15) is 5.52 Å². The number of halogens is 1. The van der Waals surface area contributed by atoms with Crippen LogP contribution in [0.2, 0.25) is 0 Å². The van der Waals surface area contributed by atoms with E-state index in [0.29, 0.717) is 33.1 Å². The van der Waals surface area contributed by atoms with Gasteiger partial charge in [0, 0.05) is 27.9 Å². The quantitative estimate of drug-likeness (QED) is 0.232. The number of non-ortho nitro benzene ring substituents is 1.